The molecule has 118 valence electrons. The molecule has 2 rings (SSSR count). The Morgan fingerprint density at radius 2 is 1.91 bits per heavy atom. The van der Waals surface area contributed by atoms with Crippen LogP contribution in [0.25, 0.3) is 0 Å². The van der Waals surface area contributed by atoms with Crippen LogP contribution in [0.15, 0.2) is 30.5 Å². The minimum Gasteiger partial charge on any atom is -0.503 e. The van der Waals surface area contributed by atoms with Gasteiger partial charge in [0.25, 0.3) is 5.91 Å². The van der Waals surface area contributed by atoms with Gasteiger partial charge in [-0.3, -0.25) is 9.63 Å². The van der Waals surface area contributed by atoms with Crippen molar-refractivity contribution in [2.75, 3.05) is 7.11 Å². The second-order valence-electron chi connectivity index (χ2n) is 4.87. The number of hydroxylamine groups is 2. The van der Waals surface area contributed by atoms with Gasteiger partial charge in [-0.2, -0.15) is 0 Å². The molecule has 1 atom stereocenters. The summed E-state index contributed by atoms with van der Waals surface area (Å²) in [6.45, 7) is 1.70. The van der Waals surface area contributed by atoms with Crippen LogP contribution in [-0.4, -0.2) is 32.9 Å². The predicted molar refractivity (Wildman–Crippen MR) is 76.7 cm³/mol. The zero-order valence-corrected chi connectivity index (χ0v) is 12.4. The average molecular weight is 308 g/mol. The maximum atomic E-state index is 13.0. The summed E-state index contributed by atoms with van der Waals surface area (Å²) in [5, 5.41) is 20.4. The lowest BCUT2D eigenvalue weighted by atomic mass is 10.1. The molecule has 0 fully saturated rings. The molecular formula is C15H17FN2O4. The third-order valence-corrected chi connectivity index (χ3v) is 3.46. The van der Waals surface area contributed by atoms with E-state index in [4.69, 9.17) is 4.84 Å². The van der Waals surface area contributed by atoms with Gasteiger partial charge in [0.05, 0.1) is 13.2 Å². The van der Waals surface area contributed by atoms with Crippen LogP contribution in [0.2, 0.25) is 0 Å². The molecule has 1 amide bonds. The van der Waals surface area contributed by atoms with Crippen LogP contribution < -0.4 is 0 Å². The van der Waals surface area contributed by atoms with Crippen LogP contribution in [0, 0.1) is 5.82 Å². The average Bonchev–Trinajstić information content (AvgIpc) is 2.76. The second-order valence-corrected chi connectivity index (χ2v) is 4.87. The summed E-state index contributed by atoms with van der Waals surface area (Å²) >= 11 is 0. The lowest BCUT2D eigenvalue weighted by Crippen LogP contribution is -2.32. The quantitative estimate of drug-likeness (QED) is 0.850. The minimum atomic E-state index is -0.618. The number of amides is 1. The first-order chi connectivity index (χ1) is 10.4. The Kier molecular flexibility index (Phi) is 4.37. The zero-order valence-electron chi connectivity index (χ0n) is 12.4. The lowest BCUT2D eigenvalue weighted by molar-refractivity contribution is -0.120. The standard InChI is InChI=1S/C15H17FN2O4/c1-9(10-4-6-11(16)7-5-10)18(22-3)14(20)12-8-17(2)15(21)13(12)19/h4-9,19,21H,1-3H3. The van der Waals surface area contributed by atoms with E-state index < -0.39 is 23.6 Å². The molecule has 2 N–H and O–H groups in total. The van der Waals surface area contributed by atoms with Gasteiger partial charge >= 0.3 is 0 Å². The van der Waals surface area contributed by atoms with Crippen molar-refractivity contribution in [1.82, 2.24) is 9.63 Å². The van der Waals surface area contributed by atoms with Gasteiger partial charge in [0.1, 0.15) is 11.4 Å². The van der Waals surface area contributed by atoms with E-state index in [0.29, 0.717) is 5.56 Å². The van der Waals surface area contributed by atoms with Crippen molar-refractivity contribution in [2.24, 2.45) is 7.05 Å². The van der Waals surface area contributed by atoms with Crippen molar-refractivity contribution in [3.8, 4) is 11.6 Å². The molecule has 7 heteroatoms. The largest absolute Gasteiger partial charge is 0.503 e. The van der Waals surface area contributed by atoms with E-state index in [-0.39, 0.29) is 11.4 Å². The molecule has 1 heterocycles. The Morgan fingerprint density at radius 3 is 2.36 bits per heavy atom. The molecule has 0 aliphatic rings. The number of benzene rings is 1. The third-order valence-electron chi connectivity index (χ3n) is 3.46. The van der Waals surface area contributed by atoms with E-state index in [1.165, 1.54) is 37.1 Å². The highest BCUT2D eigenvalue weighted by Crippen LogP contribution is 2.33. The van der Waals surface area contributed by atoms with Crippen LogP contribution in [-0.2, 0) is 11.9 Å². The molecular weight excluding hydrogens is 291 g/mol. The van der Waals surface area contributed by atoms with Crippen LogP contribution in [0.4, 0.5) is 4.39 Å². The number of aryl methyl sites for hydroxylation is 1. The first-order valence-electron chi connectivity index (χ1n) is 6.57. The fourth-order valence-electron chi connectivity index (χ4n) is 2.17. The fourth-order valence-corrected chi connectivity index (χ4v) is 2.17. The molecule has 6 nitrogen and oxygen atoms in total. The van der Waals surface area contributed by atoms with Crippen LogP contribution in [0.1, 0.15) is 28.9 Å². The number of hydrogen-bond acceptors (Lipinski definition) is 4. The number of halogens is 1. The lowest BCUT2D eigenvalue weighted by Gasteiger charge is -2.26. The molecule has 0 saturated carbocycles. The maximum absolute atomic E-state index is 13.0. The van der Waals surface area contributed by atoms with E-state index in [2.05, 4.69) is 0 Å². The Hall–Kier alpha value is -2.54. The van der Waals surface area contributed by atoms with E-state index in [9.17, 15) is 19.4 Å². The van der Waals surface area contributed by atoms with Gasteiger partial charge in [0.2, 0.25) is 5.88 Å². The molecule has 1 aromatic carbocycles. The molecule has 2 aromatic rings. The van der Waals surface area contributed by atoms with Crippen molar-refractivity contribution in [3.63, 3.8) is 0 Å². The summed E-state index contributed by atoms with van der Waals surface area (Å²) in [4.78, 5) is 17.6. The van der Waals surface area contributed by atoms with E-state index in [1.807, 2.05) is 0 Å². The van der Waals surface area contributed by atoms with Gasteiger partial charge in [-0.25, -0.2) is 9.45 Å². The van der Waals surface area contributed by atoms with Crippen molar-refractivity contribution in [1.29, 1.82) is 0 Å². The zero-order chi connectivity index (χ0) is 16.4. The summed E-state index contributed by atoms with van der Waals surface area (Å²) < 4.78 is 14.2. The van der Waals surface area contributed by atoms with Crippen molar-refractivity contribution >= 4 is 5.91 Å². The first-order valence-corrected chi connectivity index (χ1v) is 6.57. The van der Waals surface area contributed by atoms with Crippen molar-refractivity contribution in [3.05, 3.63) is 47.4 Å². The van der Waals surface area contributed by atoms with Gasteiger partial charge in [-0.15, -0.1) is 0 Å². The smallest absolute Gasteiger partial charge is 0.283 e. The Balaban J connectivity index is 2.32. The summed E-state index contributed by atoms with van der Waals surface area (Å²) in [6.07, 6.45) is 1.30. The van der Waals surface area contributed by atoms with Gasteiger partial charge in [-0.05, 0) is 24.6 Å². The van der Waals surface area contributed by atoms with Gasteiger partial charge in [-0.1, -0.05) is 12.1 Å². The molecule has 0 aliphatic heterocycles. The number of hydrogen-bond donors (Lipinski definition) is 2. The number of aromatic nitrogens is 1. The number of carbonyl (C=O) groups is 1. The summed E-state index contributed by atoms with van der Waals surface area (Å²) in [6, 6.07) is 5.15. The number of carbonyl (C=O) groups excluding carboxylic acids is 1. The summed E-state index contributed by atoms with van der Waals surface area (Å²) in [5.41, 5.74) is 0.576. The normalized spacial score (nSPS) is 12.2. The van der Waals surface area contributed by atoms with E-state index in [0.717, 1.165) is 5.06 Å². The monoisotopic (exact) mass is 308 g/mol. The molecule has 1 unspecified atom stereocenters. The number of aromatic hydroxyl groups is 2. The summed E-state index contributed by atoms with van der Waals surface area (Å²) in [7, 11) is 2.81. The molecule has 0 bridgehead atoms. The van der Waals surface area contributed by atoms with Gasteiger partial charge in [0, 0.05) is 13.2 Å². The predicted octanol–water partition coefficient (Wildman–Crippen LogP) is 2.34. The Labute approximate surface area is 126 Å². The SMILES string of the molecule is CON(C(=O)c1cn(C)c(O)c1O)C(C)c1ccc(F)cc1. The maximum Gasteiger partial charge on any atom is 0.283 e. The molecule has 0 spiro atoms. The van der Waals surface area contributed by atoms with E-state index >= 15 is 0 Å². The third kappa shape index (κ3) is 2.75. The minimum absolute atomic E-state index is 0.0872. The Bertz CT molecular complexity index is 682. The molecule has 0 radical (unpaired) electrons. The Morgan fingerprint density at radius 1 is 1.32 bits per heavy atom. The molecule has 22 heavy (non-hydrogen) atoms. The van der Waals surface area contributed by atoms with E-state index in [1.54, 1.807) is 19.1 Å². The number of nitrogens with zero attached hydrogens (tertiary/aromatic N) is 2. The topological polar surface area (TPSA) is 74.9 Å². The van der Waals surface area contributed by atoms with Crippen molar-refractivity contribution in [2.45, 2.75) is 13.0 Å². The molecule has 1 aromatic heterocycles. The first kappa shape index (κ1) is 15.8. The van der Waals surface area contributed by atoms with Gasteiger partial charge in [0.15, 0.2) is 5.75 Å². The highest BCUT2D eigenvalue weighted by atomic mass is 19.1. The van der Waals surface area contributed by atoms with Crippen LogP contribution in [0.3, 0.4) is 0 Å². The fraction of sp³-hybridized carbons (Fsp3) is 0.267. The van der Waals surface area contributed by atoms with Crippen molar-refractivity contribution < 1.29 is 24.2 Å². The van der Waals surface area contributed by atoms with Crippen LogP contribution in [0.5, 0.6) is 11.6 Å². The number of rotatable bonds is 4. The molecule has 0 saturated heterocycles. The second kappa shape index (κ2) is 6.07. The highest BCUT2D eigenvalue weighted by Gasteiger charge is 2.28. The highest BCUT2D eigenvalue weighted by molar-refractivity contribution is 5.97. The van der Waals surface area contributed by atoms with Crippen LogP contribution >= 0.6 is 0 Å². The molecule has 0 aliphatic carbocycles. The van der Waals surface area contributed by atoms with Gasteiger partial charge < -0.3 is 14.8 Å². The summed E-state index contributed by atoms with van der Waals surface area (Å²) in [5.74, 6) is -1.92.